The molecule has 2 amide bonds. The fraction of sp³-hybridized carbons (Fsp3) is 0.875. The van der Waals surface area contributed by atoms with Crippen LogP contribution in [0.1, 0.15) is 58.3 Å². The Labute approximate surface area is 127 Å². The van der Waals surface area contributed by atoms with E-state index in [0.717, 1.165) is 25.7 Å². The maximum atomic E-state index is 12.8. The third-order valence-corrected chi connectivity index (χ3v) is 5.11. The van der Waals surface area contributed by atoms with Crippen LogP contribution in [0.5, 0.6) is 0 Å². The molecule has 0 bridgehead atoms. The van der Waals surface area contributed by atoms with Crippen LogP contribution in [0.4, 0.5) is 4.79 Å². The highest BCUT2D eigenvalue weighted by atomic mass is 16.4. The number of piperidine rings is 1. The number of rotatable bonds is 2. The van der Waals surface area contributed by atoms with Gasteiger partial charge in [0, 0.05) is 19.6 Å². The minimum Gasteiger partial charge on any atom is -0.480 e. The molecule has 5 heteroatoms. The Balaban J connectivity index is 2.07. The van der Waals surface area contributed by atoms with Gasteiger partial charge >= 0.3 is 12.0 Å². The highest BCUT2D eigenvalue weighted by molar-refractivity contribution is 5.83. The largest absolute Gasteiger partial charge is 0.480 e. The molecule has 2 atom stereocenters. The molecule has 5 nitrogen and oxygen atoms in total. The van der Waals surface area contributed by atoms with Gasteiger partial charge in [-0.05, 0) is 31.6 Å². The van der Waals surface area contributed by atoms with E-state index >= 15 is 0 Å². The average molecular weight is 296 g/mol. The number of likely N-dealkylation sites (tertiary alicyclic amines) is 1. The van der Waals surface area contributed by atoms with Crippen LogP contribution in [-0.4, -0.2) is 52.6 Å². The predicted octanol–water partition coefficient (Wildman–Crippen LogP) is 2.95. The van der Waals surface area contributed by atoms with E-state index in [1.54, 1.807) is 9.80 Å². The van der Waals surface area contributed by atoms with Crippen molar-refractivity contribution < 1.29 is 14.7 Å². The average Bonchev–Trinajstić information content (AvgIpc) is 2.74. The van der Waals surface area contributed by atoms with E-state index in [0.29, 0.717) is 6.54 Å². The molecule has 1 N–H and O–H groups in total. The summed E-state index contributed by atoms with van der Waals surface area (Å²) in [6, 6.07) is -0.494. The summed E-state index contributed by atoms with van der Waals surface area (Å²) in [6.45, 7) is 2.50. The van der Waals surface area contributed by atoms with E-state index in [-0.39, 0.29) is 18.0 Å². The molecule has 21 heavy (non-hydrogen) atoms. The van der Waals surface area contributed by atoms with Gasteiger partial charge in [-0.15, -0.1) is 0 Å². The molecule has 1 aliphatic heterocycles. The molecule has 120 valence electrons. The van der Waals surface area contributed by atoms with Crippen molar-refractivity contribution >= 4 is 12.0 Å². The Morgan fingerprint density at radius 3 is 2.24 bits per heavy atom. The van der Waals surface area contributed by atoms with E-state index in [9.17, 15) is 14.7 Å². The van der Waals surface area contributed by atoms with Gasteiger partial charge in [-0.2, -0.15) is 0 Å². The molecule has 0 aromatic heterocycles. The van der Waals surface area contributed by atoms with Gasteiger partial charge in [0.1, 0.15) is 6.04 Å². The summed E-state index contributed by atoms with van der Waals surface area (Å²) in [4.78, 5) is 27.7. The monoisotopic (exact) mass is 296 g/mol. The molecular formula is C16H28N2O3. The highest BCUT2D eigenvalue weighted by Crippen LogP contribution is 2.27. The van der Waals surface area contributed by atoms with Crippen LogP contribution in [0.15, 0.2) is 0 Å². The topological polar surface area (TPSA) is 60.9 Å². The second-order valence-corrected chi connectivity index (χ2v) is 6.63. The summed E-state index contributed by atoms with van der Waals surface area (Å²) in [5.41, 5.74) is 0. The second kappa shape index (κ2) is 7.14. The molecule has 2 rings (SSSR count). The van der Waals surface area contributed by atoms with E-state index in [2.05, 4.69) is 0 Å². The number of carboxylic acid groups (broad SMARTS) is 1. The third-order valence-electron chi connectivity index (χ3n) is 5.11. The van der Waals surface area contributed by atoms with Crippen LogP contribution >= 0.6 is 0 Å². The zero-order valence-electron chi connectivity index (χ0n) is 13.3. The molecule has 1 aliphatic carbocycles. The number of urea groups is 1. The molecule has 1 saturated heterocycles. The van der Waals surface area contributed by atoms with Crippen molar-refractivity contribution in [1.29, 1.82) is 0 Å². The van der Waals surface area contributed by atoms with Crippen LogP contribution in [0.3, 0.4) is 0 Å². The predicted molar refractivity (Wildman–Crippen MR) is 81.2 cm³/mol. The Hall–Kier alpha value is -1.26. The lowest BCUT2D eigenvalue weighted by molar-refractivity contribution is -0.145. The fourth-order valence-electron chi connectivity index (χ4n) is 3.78. The maximum Gasteiger partial charge on any atom is 0.326 e. The van der Waals surface area contributed by atoms with Crippen LogP contribution in [0.25, 0.3) is 0 Å². The number of carbonyl (C=O) groups is 2. The number of carbonyl (C=O) groups excluding carboxylic acids is 1. The van der Waals surface area contributed by atoms with Crippen molar-refractivity contribution in [2.45, 2.75) is 70.4 Å². The van der Waals surface area contributed by atoms with Gasteiger partial charge in [0.2, 0.25) is 0 Å². The lowest BCUT2D eigenvalue weighted by Crippen LogP contribution is -2.56. The number of hydrogen-bond donors (Lipinski definition) is 1. The van der Waals surface area contributed by atoms with Gasteiger partial charge < -0.3 is 14.9 Å². The lowest BCUT2D eigenvalue weighted by Gasteiger charge is -2.41. The third kappa shape index (κ3) is 3.69. The second-order valence-electron chi connectivity index (χ2n) is 6.63. The van der Waals surface area contributed by atoms with Crippen molar-refractivity contribution in [1.82, 2.24) is 9.80 Å². The van der Waals surface area contributed by atoms with Crippen molar-refractivity contribution in [3.63, 3.8) is 0 Å². The highest BCUT2D eigenvalue weighted by Gasteiger charge is 2.39. The van der Waals surface area contributed by atoms with Crippen molar-refractivity contribution in [2.24, 2.45) is 5.92 Å². The number of amides is 2. The zero-order chi connectivity index (χ0) is 15.4. The molecule has 0 spiro atoms. The first-order chi connectivity index (χ1) is 10.0. The SMILES string of the molecule is CC1CCCN(C(=O)N(C)C2CCCCCC2)C1C(=O)O. The number of hydrogen-bond acceptors (Lipinski definition) is 2. The van der Waals surface area contributed by atoms with Crippen molar-refractivity contribution in [2.75, 3.05) is 13.6 Å². The Morgan fingerprint density at radius 2 is 1.67 bits per heavy atom. The van der Waals surface area contributed by atoms with E-state index < -0.39 is 12.0 Å². The zero-order valence-corrected chi connectivity index (χ0v) is 13.3. The minimum absolute atomic E-state index is 0.0303. The number of aliphatic carboxylic acids is 1. The Morgan fingerprint density at radius 1 is 1.05 bits per heavy atom. The molecule has 1 heterocycles. The van der Waals surface area contributed by atoms with Gasteiger partial charge in [0.25, 0.3) is 0 Å². The summed E-state index contributed by atoms with van der Waals surface area (Å²) in [7, 11) is 1.84. The maximum absolute atomic E-state index is 12.8. The van der Waals surface area contributed by atoms with Crippen molar-refractivity contribution in [3.8, 4) is 0 Å². The molecule has 2 unspecified atom stereocenters. The lowest BCUT2D eigenvalue weighted by atomic mass is 9.91. The molecular weight excluding hydrogens is 268 g/mol. The van der Waals surface area contributed by atoms with E-state index in [1.807, 2.05) is 14.0 Å². The smallest absolute Gasteiger partial charge is 0.326 e. The van der Waals surface area contributed by atoms with Gasteiger partial charge in [-0.1, -0.05) is 32.6 Å². The normalized spacial score (nSPS) is 28.0. The molecule has 2 fully saturated rings. The molecule has 2 aliphatic rings. The van der Waals surface area contributed by atoms with Crippen LogP contribution in [0.2, 0.25) is 0 Å². The van der Waals surface area contributed by atoms with Gasteiger partial charge in [0.15, 0.2) is 0 Å². The molecule has 0 aromatic carbocycles. The first-order valence-corrected chi connectivity index (χ1v) is 8.28. The summed E-state index contributed by atoms with van der Waals surface area (Å²) in [5.74, 6) is -0.840. The van der Waals surface area contributed by atoms with E-state index in [1.165, 1.54) is 25.7 Å². The number of carboxylic acids is 1. The summed E-state index contributed by atoms with van der Waals surface area (Å²) in [5, 5.41) is 9.45. The minimum atomic E-state index is -0.871. The quantitative estimate of drug-likeness (QED) is 0.797. The van der Waals surface area contributed by atoms with E-state index in [4.69, 9.17) is 0 Å². The standard InChI is InChI=1S/C16H28N2O3/c1-12-8-7-11-18(14(12)15(19)20)16(21)17(2)13-9-5-3-4-6-10-13/h12-14H,3-11H2,1-2H3,(H,19,20). The summed E-state index contributed by atoms with van der Waals surface area (Å²) < 4.78 is 0. The summed E-state index contributed by atoms with van der Waals surface area (Å²) >= 11 is 0. The first kappa shape index (κ1) is 16.1. The van der Waals surface area contributed by atoms with Crippen molar-refractivity contribution in [3.05, 3.63) is 0 Å². The van der Waals surface area contributed by atoms with Gasteiger partial charge in [0.05, 0.1) is 0 Å². The van der Waals surface area contributed by atoms with Crippen LogP contribution in [-0.2, 0) is 4.79 Å². The first-order valence-electron chi connectivity index (χ1n) is 8.28. The van der Waals surface area contributed by atoms with Gasteiger partial charge in [-0.3, -0.25) is 0 Å². The molecule has 0 aromatic rings. The van der Waals surface area contributed by atoms with Crippen LogP contribution in [0, 0.1) is 5.92 Å². The summed E-state index contributed by atoms with van der Waals surface area (Å²) in [6.07, 6.45) is 8.70. The molecule has 0 radical (unpaired) electrons. The van der Waals surface area contributed by atoms with Crippen LogP contribution < -0.4 is 0 Å². The fourth-order valence-corrected chi connectivity index (χ4v) is 3.78. The van der Waals surface area contributed by atoms with Gasteiger partial charge in [-0.25, -0.2) is 9.59 Å². The molecule has 1 saturated carbocycles. The Kier molecular flexibility index (Phi) is 5.48. The Bertz CT molecular complexity index is 378. The number of nitrogens with zero attached hydrogens (tertiary/aromatic N) is 2.